The molecule has 0 aliphatic rings. The van der Waals surface area contributed by atoms with Gasteiger partial charge in [0, 0.05) is 12.5 Å². The molecule has 5 heteroatoms. The number of nitrogens with one attached hydrogen (secondary N) is 1. The van der Waals surface area contributed by atoms with Crippen LogP contribution in [-0.2, 0) is 4.79 Å². The molecule has 1 rings (SSSR count). The summed E-state index contributed by atoms with van der Waals surface area (Å²) in [4.78, 5) is 11.2. The molecule has 15 heavy (non-hydrogen) atoms. The highest BCUT2D eigenvalue weighted by Gasteiger charge is 2.11. The van der Waals surface area contributed by atoms with Crippen LogP contribution >= 0.6 is 0 Å². The Balaban J connectivity index is 2.73. The van der Waals surface area contributed by atoms with Gasteiger partial charge in [0.1, 0.15) is 0 Å². The number of hydrogen-bond donors (Lipinski definition) is 2. The van der Waals surface area contributed by atoms with Crippen LogP contribution in [0.3, 0.4) is 0 Å². The Kier molecular flexibility index (Phi) is 3.74. The van der Waals surface area contributed by atoms with E-state index in [0.717, 1.165) is 6.07 Å². The second-order valence-corrected chi connectivity index (χ2v) is 3.33. The average Bonchev–Trinajstić information content (AvgIpc) is 2.11. The molecule has 0 bridgehead atoms. The van der Waals surface area contributed by atoms with E-state index in [9.17, 15) is 13.6 Å². The topological polar surface area (TPSA) is 55.1 Å². The summed E-state index contributed by atoms with van der Waals surface area (Å²) in [6.07, 6.45) is 0.0654. The van der Waals surface area contributed by atoms with Crippen molar-refractivity contribution in [2.24, 2.45) is 5.73 Å². The minimum absolute atomic E-state index is 0.0654. The molecule has 0 aromatic heterocycles. The molecule has 1 unspecified atom stereocenters. The number of amides is 1. The van der Waals surface area contributed by atoms with E-state index >= 15 is 0 Å². The maximum absolute atomic E-state index is 13.1. The Hall–Kier alpha value is -1.49. The molecule has 82 valence electrons. The lowest BCUT2D eigenvalue weighted by atomic mass is 10.2. The molecule has 1 atom stereocenters. The molecule has 0 aliphatic heterocycles. The van der Waals surface area contributed by atoms with Gasteiger partial charge < -0.3 is 11.1 Å². The van der Waals surface area contributed by atoms with Crippen molar-refractivity contribution in [3.05, 3.63) is 29.8 Å². The zero-order valence-corrected chi connectivity index (χ0v) is 8.26. The van der Waals surface area contributed by atoms with E-state index in [1.54, 1.807) is 6.92 Å². The summed E-state index contributed by atoms with van der Waals surface area (Å²) in [6.45, 7) is 1.65. The van der Waals surface area contributed by atoms with Crippen LogP contribution in [0.5, 0.6) is 0 Å². The van der Waals surface area contributed by atoms with Crippen molar-refractivity contribution in [2.45, 2.75) is 19.4 Å². The van der Waals surface area contributed by atoms with E-state index in [4.69, 9.17) is 5.73 Å². The molecular formula is C10H12F2N2O. The molecule has 0 spiro atoms. The molecule has 0 fully saturated rings. The lowest BCUT2D eigenvalue weighted by molar-refractivity contribution is -0.116. The standard InChI is InChI=1S/C10H12F2N2O/c1-6(13)5-9(15)14-8-4-2-3-7(11)10(8)12/h2-4,6H,5,13H2,1H3,(H,14,15). The Morgan fingerprint density at radius 2 is 2.20 bits per heavy atom. The summed E-state index contributed by atoms with van der Waals surface area (Å²) in [5.41, 5.74) is 5.22. The summed E-state index contributed by atoms with van der Waals surface area (Å²) in [5.74, 6) is -2.49. The van der Waals surface area contributed by atoms with Crippen LogP contribution in [-0.4, -0.2) is 11.9 Å². The first-order chi connectivity index (χ1) is 7.00. The van der Waals surface area contributed by atoms with E-state index in [0.29, 0.717) is 0 Å². The number of nitrogens with two attached hydrogens (primary N) is 1. The van der Waals surface area contributed by atoms with Crippen LogP contribution < -0.4 is 11.1 Å². The number of anilines is 1. The summed E-state index contributed by atoms with van der Waals surface area (Å²) < 4.78 is 25.8. The summed E-state index contributed by atoms with van der Waals surface area (Å²) in [6, 6.07) is 3.27. The van der Waals surface area contributed by atoms with Crippen molar-refractivity contribution in [3.8, 4) is 0 Å². The maximum atomic E-state index is 13.1. The quantitative estimate of drug-likeness (QED) is 0.803. The molecule has 3 N–H and O–H groups in total. The van der Waals surface area contributed by atoms with Gasteiger partial charge in [-0.25, -0.2) is 8.78 Å². The monoisotopic (exact) mass is 214 g/mol. The van der Waals surface area contributed by atoms with Crippen molar-refractivity contribution in [1.82, 2.24) is 0 Å². The molecule has 1 amide bonds. The molecule has 1 aromatic carbocycles. The first kappa shape index (κ1) is 11.6. The largest absolute Gasteiger partial charge is 0.327 e. The molecule has 0 heterocycles. The van der Waals surface area contributed by atoms with Gasteiger partial charge in [0.2, 0.25) is 5.91 Å². The highest BCUT2D eigenvalue weighted by Crippen LogP contribution is 2.16. The average molecular weight is 214 g/mol. The molecule has 0 saturated heterocycles. The van der Waals surface area contributed by atoms with Gasteiger partial charge in [0.05, 0.1) is 5.69 Å². The van der Waals surface area contributed by atoms with Crippen molar-refractivity contribution in [1.29, 1.82) is 0 Å². The van der Waals surface area contributed by atoms with Gasteiger partial charge in [0.15, 0.2) is 11.6 Å². The third-order valence-electron chi connectivity index (χ3n) is 1.73. The zero-order valence-electron chi connectivity index (χ0n) is 8.26. The smallest absolute Gasteiger partial charge is 0.226 e. The maximum Gasteiger partial charge on any atom is 0.226 e. The lowest BCUT2D eigenvalue weighted by Gasteiger charge is -2.08. The zero-order chi connectivity index (χ0) is 11.4. The number of benzene rings is 1. The Labute approximate surface area is 86.3 Å². The Bertz CT molecular complexity index is 366. The normalized spacial score (nSPS) is 12.3. The molecule has 0 radical (unpaired) electrons. The van der Waals surface area contributed by atoms with Crippen molar-refractivity contribution < 1.29 is 13.6 Å². The van der Waals surface area contributed by atoms with E-state index in [2.05, 4.69) is 5.32 Å². The van der Waals surface area contributed by atoms with Crippen LogP contribution in [0, 0.1) is 11.6 Å². The second-order valence-electron chi connectivity index (χ2n) is 3.33. The van der Waals surface area contributed by atoms with Crippen molar-refractivity contribution >= 4 is 11.6 Å². The van der Waals surface area contributed by atoms with Gasteiger partial charge in [-0.2, -0.15) is 0 Å². The van der Waals surface area contributed by atoms with Gasteiger partial charge in [-0.15, -0.1) is 0 Å². The summed E-state index contributed by atoms with van der Waals surface area (Å²) in [7, 11) is 0. The predicted octanol–water partition coefficient (Wildman–Crippen LogP) is 1.64. The molecule has 0 saturated carbocycles. The van der Waals surface area contributed by atoms with Crippen LogP contribution in [0.2, 0.25) is 0 Å². The van der Waals surface area contributed by atoms with Crippen LogP contribution in [0.4, 0.5) is 14.5 Å². The van der Waals surface area contributed by atoms with Crippen LogP contribution in [0.25, 0.3) is 0 Å². The van der Waals surface area contributed by atoms with Crippen molar-refractivity contribution in [3.63, 3.8) is 0 Å². The number of rotatable bonds is 3. The van der Waals surface area contributed by atoms with Crippen LogP contribution in [0.15, 0.2) is 18.2 Å². The lowest BCUT2D eigenvalue weighted by Crippen LogP contribution is -2.24. The molecular weight excluding hydrogens is 202 g/mol. The minimum atomic E-state index is -1.06. The number of carbonyl (C=O) groups excluding carboxylic acids is 1. The van der Waals surface area contributed by atoms with Gasteiger partial charge in [0.25, 0.3) is 0 Å². The fourth-order valence-electron chi connectivity index (χ4n) is 1.09. The van der Waals surface area contributed by atoms with Crippen LogP contribution in [0.1, 0.15) is 13.3 Å². The Morgan fingerprint density at radius 3 is 2.80 bits per heavy atom. The molecule has 0 aliphatic carbocycles. The van der Waals surface area contributed by atoms with Gasteiger partial charge in [-0.3, -0.25) is 4.79 Å². The highest BCUT2D eigenvalue weighted by molar-refractivity contribution is 5.91. The second kappa shape index (κ2) is 4.84. The number of carbonyl (C=O) groups is 1. The van der Waals surface area contributed by atoms with Gasteiger partial charge in [-0.1, -0.05) is 6.07 Å². The minimum Gasteiger partial charge on any atom is -0.327 e. The highest BCUT2D eigenvalue weighted by atomic mass is 19.2. The first-order valence-corrected chi connectivity index (χ1v) is 4.50. The number of hydrogen-bond acceptors (Lipinski definition) is 2. The first-order valence-electron chi connectivity index (χ1n) is 4.50. The van der Waals surface area contributed by atoms with Gasteiger partial charge >= 0.3 is 0 Å². The third kappa shape index (κ3) is 3.28. The molecule has 1 aromatic rings. The summed E-state index contributed by atoms with van der Waals surface area (Å²) in [5, 5.41) is 2.25. The predicted molar refractivity (Wildman–Crippen MR) is 53.3 cm³/mol. The fourth-order valence-corrected chi connectivity index (χ4v) is 1.09. The van der Waals surface area contributed by atoms with E-state index in [1.165, 1.54) is 12.1 Å². The molecule has 3 nitrogen and oxygen atoms in total. The Morgan fingerprint density at radius 1 is 1.53 bits per heavy atom. The van der Waals surface area contributed by atoms with E-state index < -0.39 is 17.5 Å². The van der Waals surface area contributed by atoms with Crippen molar-refractivity contribution in [2.75, 3.05) is 5.32 Å². The SMILES string of the molecule is CC(N)CC(=O)Nc1cccc(F)c1F. The van der Waals surface area contributed by atoms with E-state index in [1.807, 2.05) is 0 Å². The third-order valence-corrected chi connectivity index (χ3v) is 1.73. The fraction of sp³-hybridized carbons (Fsp3) is 0.300. The van der Waals surface area contributed by atoms with Gasteiger partial charge in [-0.05, 0) is 19.1 Å². The summed E-state index contributed by atoms with van der Waals surface area (Å²) >= 11 is 0. The van der Waals surface area contributed by atoms with E-state index in [-0.39, 0.29) is 18.2 Å². The number of halogens is 2.